The number of rotatable bonds is 8. The van der Waals surface area contributed by atoms with Crippen molar-refractivity contribution in [3.8, 4) is 11.5 Å². The van der Waals surface area contributed by atoms with Gasteiger partial charge in [0, 0.05) is 13.2 Å². The van der Waals surface area contributed by atoms with E-state index in [9.17, 15) is 9.90 Å². The molecule has 0 unspecified atom stereocenters. The van der Waals surface area contributed by atoms with Crippen molar-refractivity contribution in [3.05, 3.63) is 70.1 Å². The molecule has 0 saturated carbocycles. The van der Waals surface area contributed by atoms with Gasteiger partial charge in [-0.2, -0.15) is 0 Å². The summed E-state index contributed by atoms with van der Waals surface area (Å²) < 4.78 is 16.0. The molecular weight excluding hydrogens is 358 g/mol. The first-order valence-corrected chi connectivity index (χ1v) is 9.07. The molecule has 0 atom stereocenters. The van der Waals surface area contributed by atoms with Crippen molar-refractivity contribution in [2.45, 2.75) is 20.0 Å². The summed E-state index contributed by atoms with van der Waals surface area (Å²) in [5, 5.41) is 10.9. The van der Waals surface area contributed by atoms with Crippen molar-refractivity contribution in [1.82, 2.24) is 0 Å². The number of hydrogen-bond donors (Lipinski definition) is 1. The van der Waals surface area contributed by atoms with Gasteiger partial charge in [0.05, 0.1) is 24.8 Å². The lowest BCUT2D eigenvalue weighted by molar-refractivity contribution is 0.120. The molecule has 1 N–H and O–H groups in total. The van der Waals surface area contributed by atoms with Crippen LogP contribution < -0.4 is 10.4 Å². The quantitative estimate of drug-likeness (QED) is 0.363. The van der Waals surface area contributed by atoms with Crippen molar-refractivity contribution in [2.75, 3.05) is 20.3 Å². The second-order valence-electron chi connectivity index (χ2n) is 6.33. The minimum Gasteiger partial charge on any atom is -0.506 e. The Morgan fingerprint density at radius 1 is 1.14 bits per heavy atom. The normalized spacial score (nSPS) is 11.7. The fourth-order valence-electron chi connectivity index (χ4n) is 2.86. The van der Waals surface area contributed by atoms with Crippen LogP contribution in [0.3, 0.4) is 0 Å². The lowest BCUT2D eigenvalue weighted by Gasteiger charge is -2.07. The molecule has 0 bridgehead atoms. The minimum atomic E-state index is -0.590. The second-order valence-corrected chi connectivity index (χ2v) is 6.33. The molecule has 1 aromatic heterocycles. The molecule has 28 heavy (non-hydrogen) atoms. The predicted octanol–water partition coefficient (Wildman–Crippen LogP) is 3.92. The van der Waals surface area contributed by atoms with Crippen molar-refractivity contribution in [1.29, 1.82) is 0 Å². The zero-order chi connectivity index (χ0) is 19.9. The standard InChI is InChI=1S/C22H23NO5/c1-15(20-21(24)18-6-3-4-7-19(18)28-22(20)25)23-12-5-13-27-14-16-8-10-17(26-2)11-9-16/h3-4,6-11,24H,5,12-14H2,1-2H3/b23-15+. The van der Waals surface area contributed by atoms with Gasteiger partial charge in [-0.25, -0.2) is 4.79 Å². The molecule has 0 amide bonds. The number of benzene rings is 2. The summed E-state index contributed by atoms with van der Waals surface area (Å²) >= 11 is 0. The van der Waals surface area contributed by atoms with Gasteiger partial charge in [0.1, 0.15) is 22.6 Å². The van der Waals surface area contributed by atoms with E-state index in [0.29, 0.717) is 42.9 Å². The van der Waals surface area contributed by atoms with Crippen LogP contribution in [0, 0.1) is 0 Å². The average Bonchev–Trinajstić information content (AvgIpc) is 2.71. The van der Waals surface area contributed by atoms with E-state index in [1.807, 2.05) is 24.3 Å². The highest BCUT2D eigenvalue weighted by molar-refractivity contribution is 6.04. The number of para-hydroxylation sites is 1. The molecule has 6 heteroatoms. The Labute approximate surface area is 163 Å². The Bertz CT molecular complexity index is 1020. The number of methoxy groups -OCH3 is 1. The number of hydrogen-bond acceptors (Lipinski definition) is 6. The van der Waals surface area contributed by atoms with E-state index in [1.54, 1.807) is 38.3 Å². The summed E-state index contributed by atoms with van der Waals surface area (Å²) in [7, 11) is 1.63. The van der Waals surface area contributed by atoms with Crippen molar-refractivity contribution in [3.63, 3.8) is 0 Å². The number of ether oxygens (including phenoxy) is 2. The fourth-order valence-corrected chi connectivity index (χ4v) is 2.86. The summed E-state index contributed by atoms with van der Waals surface area (Å²) in [6.07, 6.45) is 0.702. The van der Waals surface area contributed by atoms with Gasteiger partial charge in [-0.05, 0) is 43.2 Å². The maximum atomic E-state index is 12.2. The topological polar surface area (TPSA) is 81.3 Å². The molecule has 3 aromatic rings. The van der Waals surface area contributed by atoms with Crippen molar-refractivity contribution >= 4 is 16.7 Å². The third-order valence-electron chi connectivity index (χ3n) is 4.37. The molecule has 0 aliphatic carbocycles. The zero-order valence-electron chi connectivity index (χ0n) is 16.0. The number of aliphatic imine (C=N–C) groups is 1. The molecule has 2 aromatic carbocycles. The summed E-state index contributed by atoms with van der Waals surface area (Å²) in [6.45, 7) is 3.24. The Hall–Kier alpha value is -3.12. The number of nitrogens with zero attached hydrogens (tertiary/aromatic N) is 1. The van der Waals surface area contributed by atoms with E-state index in [4.69, 9.17) is 13.9 Å². The summed E-state index contributed by atoms with van der Waals surface area (Å²) in [4.78, 5) is 16.6. The molecule has 3 rings (SSSR count). The largest absolute Gasteiger partial charge is 0.506 e. The molecule has 0 saturated heterocycles. The van der Waals surface area contributed by atoms with Gasteiger partial charge in [-0.15, -0.1) is 0 Å². The van der Waals surface area contributed by atoms with Crippen LogP contribution in [0.5, 0.6) is 11.5 Å². The first-order chi connectivity index (χ1) is 13.6. The van der Waals surface area contributed by atoms with E-state index in [0.717, 1.165) is 11.3 Å². The molecule has 146 valence electrons. The summed E-state index contributed by atoms with van der Waals surface area (Å²) in [5.74, 6) is 0.721. The molecule has 0 radical (unpaired) electrons. The highest BCUT2D eigenvalue weighted by atomic mass is 16.5. The van der Waals surface area contributed by atoms with Crippen LogP contribution in [0.1, 0.15) is 24.5 Å². The SMILES string of the molecule is COc1ccc(COCCC/N=C(\C)c2c(O)c3ccccc3oc2=O)cc1. The molecule has 6 nitrogen and oxygen atoms in total. The zero-order valence-corrected chi connectivity index (χ0v) is 16.0. The molecule has 0 aliphatic rings. The molecule has 0 spiro atoms. The lowest BCUT2D eigenvalue weighted by atomic mass is 10.1. The second kappa shape index (κ2) is 9.19. The van der Waals surface area contributed by atoms with Gasteiger partial charge in [-0.3, -0.25) is 4.99 Å². The number of fused-ring (bicyclic) bond motifs is 1. The lowest BCUT2D eigenvalue weighted by Crippen LogP contribution is -2.13. The van der Waals surface area contributed by atoms with E-state index in [-0.39, 0.29) is 11.3 Å². The Morgan fingerprint density at radius 2 is 1.89 bits per heavy atom. The average molecular weight is 381 g/mol. The van der Waals surface area contributed by atoms with Crippen LogP contribution in [-0.4, -0.2) is 31.1 Å². The van der Waals surface area contributed by atoms with Crippen LogP contribution in [0.4, 0.5) is 0 Å². The summed E-state index contributed by atoms with van der Waals surface area (Å²) in [6, 6.07) is 14.6. The smallest absolute Gasteiger partial charge is 0.349 e. The van der Waals surface area contributed by atoms with E-state index in [1.165, 1.54) is 0 Å². The van der Waals surface area contributed by atoms with E-state index >= 15 is 0 Å². The third-order valence-corrected chi connectivity index (χ3v) is 4.37. The predicted molar refractivity (Wildman–Crippen MR) is 108 cm³/mol. The Balaban J connectivity index is 1.54. The van der Waals surface area contributed by atoms with Gasteiger partial charge in [0.15, 0.2) is 0 Å². The molecule has 0 aliphatic heterocycles. The van der Waals surface area contributed by atoms with Crippen LogP contribution in [-0.2, 0) is 11.3 Å². The van der Waals surface area contributed by atoms with Crippen LogP contribution in [0.25, 0.3) is 11.0 Å². The highest BCUT2D eigenvalue weighted by Gasteiger charge is 2.15. The Kier molecular flexibility index (Phi) is 6.45. The van der Waals surface area contributed by atoms with Crippen molar-refractivity contribution < 1.29 is 19.0 Å². The van der Waals surface area contributed by atoms with Gasteiger partial charge >= 0.3 is 5.63 Å². The van der Waals surface area contributed by atoms with Gasteiger partial charge in [0.25, 0.3) is 0 Å². The molecular formula is C22H23NO5. The maximum Gasteiger partial charge on any atom is 0.349 e. The summed E-state index contributed by atoms with van der Waals surface area (Å²) in [5.41, 5.74) is 1.39. The van der Waals surface area contributed by atoms with E-state index < -0.39 is 5.63 Å². The van der Waals surface area contributed by atoms with Crippen LogP contribution in [0.15, 0.2) is 62.7 Å². The molecule has 1 heterocycles. The number of aromatic hydroxyl groups is 1. The Morgan fingerprint density at radius 3 is 2.64 bits per heavy atom. The van der Waals surface area contributed by atoms with Crippen molar-refractivity contribution in [2.24, 2.45) is 4.99 Å². The van der Waals surface area contributed by atoms with Gasteiger partial charge in [-0.1, -0.05) is 24.3 Å². The van der Waals surface area contributed by atoms with Gasteiger partial charge in [0.2, 0.25) is 0 Å². The maximum absolute atomic E-state index is 12.2. The first kappa shape index (κ1) is 19.6. The first-order valence-electron chi connectivity index (χ1n) is 9.07. The minimum absolute atomic E-state index is 0.0937. The van der Waals surface area contributed by atoms with Crippen LogP contribution >= 0.6 is 0 Å². The third kappa shape index (κ3) is 4.58. The van der Waals surface area contributed by atoms with E-state index in [2.05, 4.69) is 4.99 Å². The fraction of sp³-hybridized carbons (Fsp3) is 0.273. The van der Waals surface area contributed by atoms with Crippen LogP contribution in [0.2, 0.25) is 0 Å². The van der Waals surface area contributed by atoms with Gasteiger partial charge < -0.3 is 19.0 Å². The monoisotopic (exact) mass is 381 g/mol. The molecule has 0 fully saturated rings. The highest BCUT2D eigenvalue weighted by Crippen LogP contribution is 2.26.